The summed E-state index contributed by atoms with van der Waals surface area (Å²) in [6, 6.07) is 16.2. The monoisotopic (exact) mass is 480 g/mol. The van der Waals surface area contributed by atoms with Crippen LogP contribution in [0.1, 0.15) is 56.1 Å². The summed E-state index contributed by atoms with van der Waals surface area (Å²) in [7, 11) is 0. The number of rotatable bonds is 8. The van der Waals surface area contributed by atoms with Gasteiger partial charge in [0.05, 0.1) is 24.0 Å². The highest BCUT2D eigenvalue weighted by Crippen LogP contribution is 2.44. The number of hydrogen-bond donors (Lipinski definition) is 4. The predicted molar refractivity (Wildman–Crippen MR) is 130 cm³/mol. The van der Waals surface area contributed by atoms with Crippen LogP contribution in [0.4, 0.5) is 4.79 Å². The average Bonchev–Trinajstić information content (AvgIpc) is 3.14. The van der Waals surface area contributed by atoms with Crippen LogP contribution in [0, 0.1) is 5.92 Å². The largest absolute Gasteiger partial charge is 0.481 e. The number of fused-ring (bicyclic) bond motifs is 3. The van der Waals surface area contributed by atoms with Crippen LogP contribution in [0.3, 0.4) is 0 Å². The molecule has 35 heavy (non-hydrogen) atoms. The lowest BCUT2D eigenvalue weighted by Gasteiger charge is -2.40. The van der Waals surface area contributed by atoms with Gasteiger partial charge in [-0.05, 0) is 42.0 Å². The SMILES string of the molecule is CC1(NC(=O)OCC2c3ccccc3-c3ccccc32)CCCCC1C(=O)NCC(O)CC(=O)O. The molecule has 4 N–H and O–H groups in total. The Balaban J connectivity index is 1.38. The van der Waals surface area contributed by atoms with Crippen LogP contribution < -0.4 is 10.6 Å². The number of benzene rings is 2. The summed E-state index contributed by atoms with van der Waals surface area (Å²) in [4.78, 5) is 36.5. The maximum absolute atomic E-state index is 12.9. The number of aliphatic hydroxyl groups is 1. The Kier molecular flexibility index (Phi) is 7.40. The standard InChI is InChI=1S/C27H32N2O6/c1-27(13-7-6-12-23(27)25(33)28-15-17(30)14-24(31)32)29-26(34)35-16-22-20-10-4-2-8-18(20)19-9-3-5-11-21(19)22/h2-5,8-11,17,22-23,30H,6-7,12-16H2,1H3,(H,28,33)(H,29,34)(H,31,32). The second-order valence-corrected chi connectivity index (χ2v) is 9.66. The van der Waals surface area contributed by atoms with E-state index in [-0.39, 0.29) is 25.0 Å². The molecule has 0 saturated heterocycles. The maximum Gasteiger partial charge on any atom is 0.407 e. The van der Waals surface area contributed by atoms with E-state index in [1.165, 1.54) is 0 Å². The number of nitrogens with one attached hydrogen (secondary N) is 2. The Morgan fingerprint density at radius 3 is 2.31 bits per heavy atom. The molecule has 8 heteroatoms. The van der Waals surface area contributed by atoms with Crippen LogP contribution in [-0.4, -0.2) is 53.0 Å². The van der Waals surface area contributed by atoms with E-state index in [4.69, 9.17) is 9.84 Å². The molecule has 0 aromatic heterocycles. The molecule has 0 bridgehead atoms. The van der Waals surface area contributed by atoms with Crippen molar-refractivity contribution in [1.82, 2.24) is 10.6 Å². The molecule has 186 valence electrons. The third kappa shape index (κ3) is 5.48. The summed E-state index contributed by atoms with van der Waals surface area (Å²) in [5.41, 5.74) is 3.75. The van der Waals surface area contributed by atoms with Crippen molar-refractivity contribution >= 4 is 18.0 Å². The van der Waals surface area contributed by atoms with Crippen LogP contribution in [0.15, 0.2) is 48.5 Å². The van der Waals surface area contributed by atoms with Gasteiger partial charge < -0.3 is 25.6 Å². The molecule has 3 unspecified atom stereocenters. The smallest absolute Gasteiger partial charge is 0.407 e. The number of aliphatic carboxylic acids is 1. The van der Waals surface area contributed by atoms with Crippen molar-refractivity contribution in [3.8, 4) is 11.1 Å². The molecule has 0 heterocycles. The highest BCUT2D eigenvalue weighted by atomic mass is 16.5. The molecule has 2 aliphatic carbocycles. The van der Waals surface area contributed by atoms with E-state index in [1.54, 1.807) is 0 Å². The number of aliphatic hydroxyl groups excluding tert-OH is 1. The van der Waals surface area contributed by atoms with E-state index < -0.39 is 36.0 Å². The van der Waals surface area contributed by atoms with Crippen molar-refractivity contribution in [3.63, 3.8) is 0 Å². The molecule has 1 saturated carbocycles. The van der Waals surface area contributed by atoms with E-state index in [2.05, 4.69) is 34.9 Å². The zero-order valence-corrected chi connectivity index (χ0v) is 19.8. The first-order valence-corrected chi connectivity index (χ1v) is 12.1. The van der Waals surface area contributed by atoms with Crippen molar-refractivity contribution in [2.45, 2.75) is 56.6 Å². The molecule has 4 rings (SSSR count). The summed E-state index contributed by atoms with van der Waals surface area (Å²) in [6.45, 7) is 1.88. The van der Waals surface area contributed by atoms with Crippen LogP contribution in [0.25, 0.3) is 11.1 Å². The van der Waals surface area contributed by atoms with Crippen LogP contribution >= 0.6 is 0 Å². The number of alkyl carbamates (subject to hydrolysis) is 1. The summed E-state index contributed by atoms with van der Waals surface area (Å²) in [5.74, 6) is -2.00. The number of carboxylic acids is 1. The maximum atomic E-state index is 12.9. The molecule has 0 radical (unpaired) electrons. The van der Waals surface area contributed by atoms with Gasteiger partial charge in [-0.1, -0.05) is 61.4 Å². The lowest BCUT2D eigenvalue weighted by atomic mass is 9.73. The average molecular weight is 481 g/mol. The molecule has 2 aromatic carbocycles. The fourth-order valence-electron chi connectivity index (χ4n) is 5.39. The molecule has 0 spiro atoms. The van der Waals surface area contributed by atoms with Crippen molar-refractivity contribution in [2.24, 2.45) is 5.92 Å². The Bertz CT molecular complexity index is 1060. The zero-order valence-electron chi connectivity index (χ0n) is 19.8. The highest BCUT2D eigenvalue weighted by molar-refractivity contribution is 5.82. The van der Waals surface area contributed by atoms with Crippen molar-refractivity contribution in [3.05, 3.63) is 59.7 Å². The molecule has 2 aliphatic rings. The second-order valence-electron chi connectivity index (χ2n) is 9.66. The third-order valence-electron chi connectivity index (χ3n) is 7.18. The predicted octanol–water partition coefficient (Wildman–Crippen LogP) is 3.43. The van der Waals surface area contributed by atoms with Gasteiger partial charge in [0.25, 0.3) is 0 Å². The number of amides is 2. The normalized spacial score (nSPS) is 21.9. The number of carbonyl (C=O) groups excluding carboxylic acids is 2. The van der Waals surface area contributed by atoms with Gasteiger partial charge in [0.1, 0.15) is 6.61 Å². The first kappa shape index (κ1) is 24.7. The fourth-order valence-corrected chi connectivity index (χ4v) is 5.39. The van der Waals surface area contributed by atoms with Crippen LogP contribution in [0.5, 0.6) is 0 Å². The third-order valence-corrected chi connectivity index (χ3v) is 7.18. The molecule has 2 amide bonds. The van der Waals surface area contributed by atoms with Crippen molar-refractivity contribution in [1.29, 1.82) is 0 Å². The second kappa shape index (κ2) is 10.5. The first-order valence-electron chi connectivity index (χ1n) is 12.1. The van der Waals surface area contributed by atoms with Crippen molar-refractivity contribution < 1.29 is 29.3 Å². The fraction of sp³-hybridized carbons (Fsp3) is 0.444. The van der Waals surface area contributed by atoms with Crippen LogP contribution in [-0.2, 0) is 14.3 Å². The Labute approximate surface area is 204 Å². The highest BCUT2D eigenvalue weighted by Gasteiger charge is 2.42. The number of ether oxygens (including phenoxy) is 1. The molecule has 2 aromatic rings. The van der Waals surface area contributed by atoms with E-state index in [0.717, 1.165) is 35.1 Å². The van der Waals surface area contributed by atoms with Gasteiger partial charge in [0.2, 0.25) is 5.91 Å². The van der Waals surface area contributed by atoms with E-state index in [9.17, 15) is 19.5 Å². The number of carbonyl (C=O) groups is 3. The minimum atomic E-state index is -1.17. The topological polar surface area (TPSA) is 125 Å². The number of carboxylic acid groups (broad SMARTS) is 1. The lowest BCUT2D eigenvalue weighted by molar-refractivity contribution is -0.139. The molecule has 8 nitrogen and oxygen atoms in total. The Hall–Kier alpha value is -3.39. The molecular weight excluding hydrogens is 448 g/mol. The zero-order chi connectivity index (χ0) is 25.0. The summed E-state index contributed by atoms with van der Waals surface area (Å²) < 4.78 is 5.69. The van der Waals surface area contributed by atoms with Gasteiger partial charge in [0, 0.05) is 12.5 Å². The van der Waals surface area contributed by atoms with Crippen LogP contribution in [0.2, 0.25) is 0 Å². The van der Waals surface area contributed by atoms with E-state index >= 15 is 0 Å². The van der Waals surface area contributed by atoms with Gasteiger partial charge in [-0.3, -0.25) is 9.59 Å². The quantitative estimate of drug-likeness (QED) is 0.459. The van der Waals surface area contributed by atoms with Gasteiger partial charge in [-0.2, -0.15) is 0 Å². The van der Waals surface area contributed by atoms with Gasteiger partial charge in [-0.25, -0.2) is 4.79 Å². The minimum absolute atomic E-state index is 0.0536. The molecule has 1 fully saturated rings. The Morgan fingerprint density at radius 2 is 1.69 bits per heavy atom. The Morgan fingerprint density at radius 1 is 1.06 bits per heavy atom. The van der Waals surface area contributed by atoms with E-state index in [1.807, 2.05) is 31.2 Å². The summed E-state index contributed by atoms with van der Waals surface area (Å²) in [6.07, 6.45) is 0.735. The van der Waals surface area contributed by atoms with E-state index in [0.29, 0.717) is 12.8 Å². The van der Waals surface area contributed by atoms with Gasteiger partial charge in [0.15, 0.2) is 0 Å². The molecule has 3 atom stereocenters. The molecule has 0 aliphatic heterocycles. The van der Waals surface area contributed by atoms with Gasteiger partial charge >= 0.3 is 12.1 Å². The minimum Gasteiger partial charge on any atom is -0.481 e. The van der Waals surface area contributed by atoms with Crippen molar-refractivity contribution in [2.75, 3.05) is 13.2 Å². The summed E-state index contributed by atoms with van der Waals surface area (Å²) in [5, 5.41) is 24.1. The summed E-state index contributed by atoms with van der Waals surface area (Å²) >= 11 is 0. The van der Waals surface area contributed by atoms with Gasteiger partial charge in [-0.15, -0.1) is 0 Å². The number of hydrogen-bond acceptors (Lipinski definition) is 5. The lowest BCUT2D eigenvalue weighted by Crippen LogP contribution is -2.58. The molecular formula is C27H32N2O6. The first-order chi connectivity index (χ1) is 16.8.